The predicted molar refractivity (Wildman–Crippen MR) is 96.8 cm³/mol. The third kappa shape index (κ3) is 2.11. The molecule has 0 aliphatic carbocycles. The minimum atomic E-state index is -0.192. The monoisotopic (exact) mass is 350 g/mol. The summed E-state index contributed by atoms with van der Waals surface area (Å²) in [6.45, 7) is 2.47. The Morgan fingerprint density at radius 3 is 2.81 bits per heavy atom. The molecule has 2 aromatic carbocycles. The molecule has 2 atom stereocenters. The van der Waals surface area contributed by atoms with Crippen molar-refractivity contribution in [2.45, 2.75) is 25.4 Å². The zero-order valence-electron chi connectivity index (χ0n) is 14.7. The van der Waals surface area contributed by atoms with E-state index >= 15 is 0 Å². The summed E-state index contributed by atoms with van der Waals surface area (Å²) in [4.78, 5) is 21.2. The summed E-state index contributed by atoms with van der Waals surface area (Å²) in [6, 6.07) is 14.2. The van der Waals surface area contributed by atoms with Gasteiger partial charge in [0.05, 0.1) is 12.8 Å². The van der Waals surface area contributed by atoms with Crippen LogP contribution in [0.25, 0.3) is 10.9 Å². The van der Waals surface area contributed by atoms with Gasteiger partial charge in [-0.05, 0) is 36.2 Å². The van der Waals surface area contributed by atoms with Crippen LogP contribution < -0.4 is 4.74 Å². The molecule has 1 fully saturated rings. The summed E-state index contributed by atoms with van der Waals surface area (Å²) >= 11 is 0. The summed E-state index contributed by atoms with van der Waals surface area (Å²) in [5.41, 5.74) is 5.63. The highest BCUT2D eigenvalue weighted by atomic mass is 16.8. The van der Waals surface area contributed by atoms with Crippen molar-refractivity contribution in [1.29, 1.82) is 0 Å². The smallest absolute Gasteiger partial charge is 0.361 e. The van der Waals surface area contributed by atoms with E-state index in [0.717, 1.165) is 34.3 Å². The van der Waals surface area contributed by atoms with E-state index in [4.69, 9.17) is 9.57 Å². The lowest BCUT2D eigenvalue weighted by Gasteiger charge is -2.28. The molecule has 132 valence electrons. The van der Waals surface area contributed by atoms with Gasteiger partial charge < -0.3 is 9.72 Å². The number of rotatable bonds is 2. The molecule has 5 rings (SSSR count). The Morgan fingerprint density at radius 2 is 2.04 bits per heavy atom. The van der Waals surface area contributed by atoms with Gasteiger partial charge in [-0.25, -0.2) is 4.84 Å². The quantitative estimate of drug-likeness (QED) is 0.769. The minimum Gasteiger partial charge on any atom is -0.497 e. The number of hydrogen-bond donors (Lipinski definition) is 1. The minimum absolute atomic E-state index is 0.0245. The first-order valence-electron chi connectivity index (χ1n) is 8.79. The Hall–Kier alpha value is -3.02. The molecule has 0 radical (unpaired) electrons. The number of benzene rings is 2. The van der Waals surface area contributed by atoms with E-state index in [1.165, 1.54) is 11.1 Å². The van der Waals surface area contributed by atoms with Crippen molar-refractivity contribution in [3.8, 4) is 5.75 Å². The van der Waals surface area contributed by atoms with E-state index in [-0.39, 0.29) is 12.1 Å². The molecular formula is C20H20N3O3+. The van der Waals surface area contributed by atoms with Crippen LogP contribution in [-0.4, -0.2) is 34.8 Å². The molecular weight excluding hydrogens is 330 g/mol. The second-order valence-electron chi connectivity index (χ2n) is 7.01. The van der Waals surface area contributed by atoms with Gasteiger partial charge in [-0.3, -0.25) is 0 Å². The standard InChI is InChI=1S/C20H20N3O3/c1-12-3-5-13(6-4-12)20-19-17(9-14-11-26-23(24)22(14)20)16-10-15(25-2)7-8-18(16)21-19/h3-8,10,14,20-21H,9,11H2,1-2H3/q+1. The number of methoxy groups -OCH3 is 1. The van der Waals surface area contributed by atoms with Gasteiger partial charge in [0, 0.05) is 17.3 Å². The normalized spacial score (nSPS) is 21.5. The zero-order valence-corrected chi connectivity index (χ0v) is 14.7. The van der Waals surface area contributed by atoms with Crippen LogP contribution in [0.4, 0.5) is 0 Å². The first-order valence-corrected chi connectivity index (χ1v) is 8.79. The molecule has 2 aliphatic rings. The van der Waals surface area contributed by atoms with Gasteiger partial charge >= 0.3 is 5.03 Å². The van der Waals surface area contributed by atoms with Crippen molar-refractivity contribution >= 4 is 10.9 Å². The molecule has 1 N–H and O–H groups in total. The summed E-state index contributed by atoms with van der Waals surface area (Å²) in [5, 5.41) is 3.62. The van der Waals surface area contributed by atoms with Gasteiger partial charge in [-0.15, -0.1) is 0 Å². The van der Waals surface area contributed by atoms with Crippen LogP contribution in [-0.2, 0) is 11.3 Å². The lowest BCUT2D eigenvalue weighted by molar-refractivity contribution is -0.889. The summed E-state index contributed by atoms with van der Waals surface area (Å²) in [5.74, 6) is 0.835. The molecule has 0 amide bonds. The van der Waals surface area contributed by atoms with Crippen LogP contribution in [0.2, 0.25) is 0 Å². The van der Waals surface area contributed by atoms with Gasteiger partial charge in [-0.1, -0.05) is 34.8 Å². The molecule has 0 saturated carbocycles. The maximum atomic E-state index is 12.4. The fraction of sp³-hybridized carbons (Fsp3) is 0.300. The Morgan fingerprint density at radius 1 is 1.23 bits per heavy atom. The van der Waals surface area contributed by atoms with Gasteiger partial charge in [0.1, 0.15) is 16.7 Å². The van der Waals surface area contributed by atoms with E-state index in [1.54, 1.807) is 12.1 Å². The SMILES string of the molecule is COc1ccc2[nH]c3c(c2c1)CC1CO[N+](=O)N1C3c1ccc(C)cc1. The first-order chi connectivity index (χ1) is 12.7. The Kier molecular flexibility index (Phi) is 3.22. The highest BCUT2D eigenvalue weighted by Crippen LogP contribution is 2.43. The van der Waals surface area contributed by atoms with E-state index in [9.17, 15) is 4.91 Å². The molecule has 2 unspecified atom stereocenters. The topological polar surface area (TPSA) is 57.6 Å². The van der Waals surface area contributed by atoms with Gasteiger partial charge in [0.2, 0.25) is 0 Å². The second kappa shape index (κ2) is 5.49. The molecule has 3 heterocycles. The molecule has 3 aromatic rings. The molecule has 1 aromatic heterocycles. The largest absolute Gasteiger partial charge is 0.497 e. The highest BCUT2D eigenvalue weighted by Gasteiger charge is 2.52. The fourth-order valence-corrected chi connectivity index (χ4v) is 4.15. The van der Waals surface area contributed by atoms with Crippen LogP contribution in [0, 0.1) is 11.8 Å². The predicted octanol–water partition coefficient (Wildman–Crippen LogP) is 3.44. The molecule has 26 heavy (non-hydrogen) atoms. The maximum absolute atomic E-state index is 12.4. The highest BCUT2D eigenvalue weighted by molar-refractivity contribution is 5.86. The van der Waals surface area contributed by atoms with Crippen LogP contribution in [0.3, 0.4) is 0 Å². The van der Waals surface area contributed by atoms with Crippen LogP contribution in [0.15, 0.2) is 42.5 Å². The summed E-state index contributed by atoms with van der Waals surface area (Å²) < 4.78 is 5.40. The van der Waals surface area contributed by atoms with Crippen molar-refractivity contribution in [2.24, 2.45) is 0 Å². The number of hydrazine groups is 1. The van der Waals surface area contributed by atoms with Gasteiger partial charge in [0.15, 0.2) is 12.6 Å². The number of aryl methyl sites for hydroxylation is 1. The first kappa shape index (κ1) is 15.3. The lowest BCUT2D eigenvalue weighted by atomic mass is 9.89. The average molecular weight is 350 g/mol. The van der Waals surface area contributed by atoms with E-state index in [2.05, 4.69) is 42.2 Å². The number of ether oxygens (including phenoxy) is 1. The zero-order chi connectivity index (χ0) is 17.8. The molecule has 1 saturated heterocycles. The Bertz CT molecular complexity index is 1010. The van der Waals surface area contributed by atoms with Crippen molar-refractivity contribution < 1.29 is 14.6 Å². The summed E-state index contributed by atoms with van der Waals surface area (Å²) in [6.07, 6.45) is 0.767. The molecule has 0 bridgehead atoms. The molecule has 6 nitrogen and oxygen atoms in total. The van der Waals surface area contributed by atoms with Gasteiger partial charge in [-0.2, -0.15) is 0 Å². The maximum Gasteiger partial charge on any atom is 0.361 e. The molecule has 0 spiro atoms. The van der Waals surface area contributed by atoms with Crippen LogP contribution in [0.5, 0.6) is 5.75 Å². The number of aromatic amines is 1. The second-order valence-corrected chi connectivity index (χ2v) is 7.01. The molecule has 6 heteroatoms. The fourth-order valence-electron chi connectivity index (χ4n) is 4.15. The summed E-state index contributed by atoms with van der Waals surface area (Å²) in [7, 11) is 1.68. The number of fused-ring (bicyclic) bond motifs is 4. The lowest BCUT2D eigenvalue weighted by Crippen LogP contribution is -2.43. The van der Waals surface area contributed by atoms with Crippen molar-refractivity contribution in [2.75, 3.05) is 13.7 Å². The van der Waals surface area contributed by atoms with Crippen LogP contribution >= 0.6 is 0 Å². The van der Waals surface area contributed by atoms with E-state index in [1.807, 2.05) is 12.1 Å². The number of H-pyrrole nitrogens is 1. The van der Waals surface area contributed by atoms with Crippen LogP contribution in [0.1, 0.15) is 28.4 Å². The third-order valence-corrected chi connectivity index (χ3v) is 5.46. The molecule has 2 aliphatic heterocycles. The van der Waals surface area contributed by atoms with Crippen molar-refractivity contribution in [3.05, 3.63) is 69.8 Å². The number of aromatic nitrogens is 1. The third-order valence-electron chi connectivity index (χ3n) is 5.46. The van der Waals surface area contributed by atoms with Crippen molar-refractivity contribution in [3.63, 3.8) is 0 Å². The number of nitrogens with one attached hydrogen (secondary N) is 1. The Labute approximate surface area is 150 Å². The van der Waals surface area contributed by atoms with E-state index in [0.29, 0.717) is 11.6 Å². The number of nitrogens with zero attached hydrogens (tertiary/aromatic N) is 2. The number of hydrogen-bond acceptors (Lipinski definition) is 3. The van der Waals surface area contributed by atoms with Gasteiger partial charge in [0.25, 0.3) is 0 Å². The average Bonchev–Trinajstić information content (AvgIpc) is 3.21. The van der Waals surface area contributed by atoms with E-state index < -0.39 is 0 Å². The van der Waals surface area contributed by atoms with Crippen molar-refractivity contribution in [1.82, 2.24) is 9.99 Å². The Balaban J connectivity index is 1.74.